The molecule has 8 heteroatoms. The van der Waals surface area contributed by atoms with E-state index in [4.69, 9.17) is 4.74 Å². The van der Waals surface area contributed by atoms with E-state index in [-0.39, 0.29) is 18.0 Å². The Bertz CT molecular complexity index is 677. The standard InChI is InChI=1S/C19H31N5O3/c1-13(2)11-21-16(25)15-12-24-10-7-20-17(24)19(27-15)5-8-23(9-6-19)18(26)22-14(3)4/h7,10,13-15H,5-6,8-9,11-12H2,1-4H3,(H,21,25)(H,22,26). The maximum Gasteiger partial charge on any atom is 0.317 e. The van der Waals surface area contributed by atoms with Crippen molar-refractivity contribution in [3.63, 3.8) is 0 Å². The molecule has 1 fully saturated rings. The zero-order valence-corrected chi connectivity index (χ0v) is 16.7. The van der Waals surface area contributed by atoms with Gasteiger partial charge in [-0.2, -0.15) is 0 Å². The van der Waals surface area contributed by atoms with Crippen LogP contribution >= 0.6 is 0 Å². The van der Waals surface area contributed by atoms with Gasteiger partial charge in [-0.3, -0.25) is 4.79 Å². The first-order valence-corrected chi connectivity index (χ1v) is 9.83. The summed E-state index contributed by atoms with van der Waals surface area (Å²) in [7, 11) is 0. The molecular formula is C19H31N5O3. The molecule has 1 spiro atoms. The molecule has 3 rings (SSSR count). The lowest BCUT2D eigenvalue weighted by Gasteiger charge is -2.45. The van der Waals surface area contributed by atoms with E-state index in [2.05, 4.69) is 29.5 Å². The van der Waals surface area contributed by atoms with E-state index in [1.54, 1.807) is 6.20 Å². The second-order valence-electron chi connectivity index (χ2n) is 8.23. The molecule has 8 nitrogen and oxygen atoms in total. The largest absolute Gasteiger partial charge is 0.354 e. The van der Waals surface area contributed by atoms with Crippen molar-refractivity contribution in [2.75, 3.05) is 19.6 Å². The lowest BCUT2D eigenvalue weighted by atomic mass is 9.88. The van der Waals surface area contributed by atoms with Crippen LogP contribution in [0.2, 0.25) is 0 Å². The van der Waals surface area contributed by atoms with Gasteiger partial charge in [0.05, 0.1) is 6.54 Å². The molecule has 3 amide bonds. The van der Waals surface area contributed by atoms with Crippen LogP contribution in [0, 0.1) is 5.92 Å². The Morgan fingerprint density at radius 1 is 1.30 bits per heavy atom. The van der Waals surface area contributed by atoms with Crippen molar-refractivity contribution < 1.29 is 14.3 Å². The zero-order chi connectivity index (χ0) is 19.6. The van der Waals surface area contributed by atoms with E-state index in [0.717, 1.165) is 5.82 Å². The summed E-state index contributed by atoms with van der Waals surface area (Å²) in [5, 5.41) is 5.91. The molecule has 0 saturated carbocycles. The zero-order valence-electron chi connectivity index (χ0n) is 16.7. The Morgan fingerprint density at radius 2 is 2.00 bits per heavy atom. The molecular weight excluding hydrogens is 346 g/mol. The van der Waals surface area contributed by atoms with Gasteiger partial charge >= 0.3 is 6.03 Å². The minimum atomic E-state index is -0.615. The molecule has 27 heavy (non-hydrogen) atoms. The number of nitrogens with one attached hydrogen (secondary N) is 2. The number of carbonyl (C=O) groups is 2. The average Bonchev–Trinajstić information content (AvgIpc) is 3.09. The summed E-state index contributed by atoms with van der Waals surface area (Å²) in [5.74, 6) is 1.17. The van der Waals surface area contributed by atoms with Crippen LogP contribution in [0.15, 0.2) is 12.4 Å². The van der Waals surface area contributed by atoms with Crippen LogP contribution in [0.5, 0.6) is 0 Å². The van der Waals surface area contributed by atoms with Crippen LogP contribution in [-0.2, 0) is 21.7 Å². The highest BCUT2D eigenvalue weighted by Gasteiger charge is 2.47. The number of fused-ring (bicyclic) bond motifs is 2. The van der Waals surface area contributed by atoms with Crippen LogP contribution in [0.1, 0.15) is 46.4 Å². The first-order valence-electron chi connectivity index (χ1n) is 9.83. The molecule has 1 atom stereocenters. The van der Waals surface area contributed by atoms with E-state index >= 15 is 0 Å². The smallest absolute Gasteiger partial charge is 0.317 e. The number of likely N-dealkylation sites (tertiary alicyclic amines) is 1. The maximum absolute atomic E-state index is 12.6. The van der Waals surface area contributed by atoms with E-state index in [0.29, 0.717) is 44.9 Å². The lowest BCUT2D eigenvalue weighted by Crippen LogP contribution is -2.56. The normalized spacial score (nSPS) is 21.4. The topological polar surface area (TPSA) is 88.5 Å². The molecule has 1 aromatic rings. The van der Waals surface area contributed by atoms with Crippen molar-refractivity contribution in [3.05, 3.63) is 18.2 Å². The summed E-state index contributed by atoms with van der Waals surface area (Å²) in [6.07, 6.45) is 4.38. The lowest BCUT2D eigenvalue weighted by molar-refractivity contribution is -0.171. The highest BCUT2D eigenvalue weighted by molar-refractivity contribution is 5.81. The molecule has 0 bridgehead atoms. The average molecular weight is 377 g/mol. The molecule has 1 unspecified atom stereocenters. The summed E-state index contributed by atoms with van der Waals surface area (Å²) in [4.78, 5) is 31.2. The Hall–Kier alpha value is -2.09. The number of amides is 3. The van der Waals surface area contributed by atoms with Gasteiger partial charge in [-0.25, -0.2) is 9.78 Å². The third kappa shape index (κ3) is 4.26. The van der Waals surface area contributed by atoms with E-state index < -0.39 is 11.7 Å². The number of piperidine rings is 1. The number of hydrogen-bond donors (Lipinski definition) is 2. The Balaban J connectivity index is 1.71. The van der Waals surface area contributed by atoms with Gasteiger partial charge in [-0.15, -0.1) is 0 Å². The molecule has 0 aromatic carbocycles. The highest BCUT2D eigenvalue weighted by atomic mass is 16.5. The number of nitrogens with zero attached hydrogens (tertiary/aromatic N) is 3. The Kier molecular flexibility index (Phi) is 5.74. The Morgan fingerprint density at radius 3 is 2.63 bits per heavy atom. The van der Waals surface area contributed by atoms with Crippen molar-refractivity contribution in [1.29, 1.82) is 0 Å². The van der Waals surface area contributed by atoms with Gasteiger partial charge < -0.3 is 24.8 Å². The predicted molar refractivity (Wildman–Crippen MR) is 101 cm³/mol. The van der Waals surface area contributed by atoms with Crippen LogP contribution in [0.3, 0.4) is 0 Å². The summed E-state index contributed by atoms with van der Waals surface area (Å²) in [6, 6.07) is 0.0532. The fourth-order valence-corrected chi connectivity index (χ4v) is 3.70. The fraction of sp³-hybridized carbons (Fsp3) is 0.737. The van der Waals surface area contributed by atoms with Crippen molar-refractivity contribution in [2.24, 2.45) is 5.92 Å². The van der Waals surface area contributed by atoms with Crippen molar-refractivity contribution >= 4 is 11.9 Å². The Labute approximate surface area is 160 Å². The minimum Gasteiger partial charge on any atom is -0.354 e. The van der Waals surface area contributed by atoms with Gasteiger partial charge in [0.1, 0.15) is 11.4 Å². The van der Waals surface area contributed by atoms with E-state index in [1.807, 2.05) is 29.5 Å². The van der Waals surface area contributed by atoms with Gasteiger partial charge in [0.25, 0.3) is 5.91 Å². The first-order chi connectivity index (χ1) is 12.8. The summed E-state index contributed by atoms with van der Waals surface area (Å²) in [6.45, 7) is 10.3. The number of hydrogen-bond acceptors (Lipinski definition) is 4. The van der Waals surface area contributed by atoms with E-state index in [1.165, 1.54) is 0 Å². The second kappa shape index (κ2) is 7.88. The monoisotopic (exact) mass is 377 g/mol. The predicted octanol–water partition coefficient (Wildman–Crippen LogP) is 1.46. The number of carbonyl (C=O) groups excluding carboxylic acids is 2. The third-order valence-corrected chi connectivity index (χ3v) is 5.10. The molecule has 1 aromatic heterocycles. The van der Waals surface area contributed by atoms with Crippen molar-refractivity contribution in [3.8, 4) is 0 Å². The number of ether oxygens (including phenoxy) is 1. The van der Waals surface area contributed by atoms with Gasteiger partial charge in [0.2, 0.25) is 0 Å². The van der Waals surface area contributed by atoms with Gasteiger partial charge in [0.15, 0.2) is 6.10 Å². The second-order valence-corrected chi connectivity index (χ2v) is 8.23. The molecule has 3 heterocycles. The number of urea groups is 1. The molecule has 2 N–H and O–H groups in total. The van der Waals surface area contributed by atoms with Crippen molar-refractivity contribution in [1.82, 2.24) is 25.1 Å². The summed E-state index contributed by atoms with van der Waals surface area (Å²) < 4.78 is 8.37. The highest BCUT2D eigenvalue weighted by Crippen LogP contribution is 2.40. The number of aromatic nitrogens is 2. The van der Waals surface area contributed by atoms with Crippen LogP contribution in [-0.4, -0.2) is 58.2 Å². The van der Waals surface area contributed by atoms with Gasteiger partial charge in [0, 0.05) is 50.9 Å². The third-order valence-electron chi connectivity index (χ3n) is 5.10. The molecule has 1 saturated heterocycles. The first kappa shape index (κ1) is 19.7. The van der Waals surface area contributed by atoms with E-state index in [9.17, 15) is 9.59 Å². The minimum absolute atomic E-state index is 0.0507. The molecule has 0 aliphatic carbocycles. The summed E-state index contributed by atoms with van der Waals surface area (Å²) >= 11 is 0. The van der Waals surface area contributed by atoms with Crippen LogP contribution < -0.4 is 10.6 Å². The van der Waals surface area contributed by atoms with Gasteiger partial charge in [-0.1, -0.05) is 13.8 Å². The maximum atomic E-state index is 12.6. The quantitative estimate of drug-likeness (QED) is 0.832. The van der Waals surface area contributed by atoms with Crippen molar-refractivity contribution in [2.45, 2.75) is 64.8 Å². The molecule has 150 valence electrons. The molecule has 2 aliphatic rings. The van der Waals surface area contributed by atoms with Crippen LogP contribution in [0.25, 0.3) is 0 Å². The van der Waals surface area contributed by atoms with Gasteiger partial charge in [-0.05, 0) is 19.8 Å². The van der Waals surface area contributed by atoms with Crippen LogP contribution in [0.4, 0.5) is 4.79 Å². The molecule has 2 aliphatic heterocycles. The fourth-order valence-electron chi connectivity index (χ4n) is 3.70. The molecule has 0 radical (unpaired) electrons. The number of rotatable bonds is 4. The number of imidazole rings is 1. The SMILES string of the molecule is CC(C)CNC(=O)C1Cn2ccnc2C2(CCN(C(=O)NC(C)C)CC2)O1. The summed E-state index contributed by atoms with van der Waals surface area (Å²) in [5.41, 5.74) is -0.615.